The highest BCUT2D eigenvalue weighted by molar-refractivity contribution is 5.94. The van der Waals surface area contributed by atoms with Crippen LogP contribution in [0.1, 0.15) is 31.7 Å². The summed E-state index contributed by atoms with van der Waals surface area (Å²) in [6.45, 7) is 1.78. The zero-order chi connectivity index (χ0) is 16.8. The lowest BCUT2D eigenvalue weighted by Gasteiger charge is -2.17. The highest BCUT2D eigenvalue weighted by Crippen LogP contribution is 2.26. The summed E-state index contributed by atoms with van der Waals surface area (Å²) in [4.78, 5) is 33.4. The van der Waals surface area contributed by atoms with Crippen molar-refractivity contribution in [3.63, 3.8) is 0 Å². The van der Waals surface area contributed by atoms with E-state index in [4.69, 9.17) is 9.84 Å². The van der Waals surface area contributed by atoms with E-state index in [1.807, 2.05) is 12.1 Å². The molecule has 1 aromatic rings. The lowest BCUT2D eigenvalue weighted by Crippen LogP contribution is -2.38. The van der Waals surface area contributed by atoms with Crippen molar-refractivity contribution in [1.29, 1.82) is 0 Å². The van der Waals surface area contributed by atoms with Crippen LogP contribution < -0.4 is 15.4 Å². The second-order valence-electron chi connectivity index (χ2n) is 5.45. The van der Waals surface area contributed by atoms with Gasteiger partial charge in [-0.15, -0.1) is 0 Å². The van der Waals surface area contributed by atoms with Crippen LogP contribution in [0.4, 0.5) is 5.69 Å². The molecule has 0 bridgehead atoms. The molecule has 0 saturated carbocycles. The van der Waals surface area contributed by atoms with Gasteiger partial charge in [0.25, 0.3) is 0 Å². The predicted octanol–water partition coefficient (Wildman–Crippen LogP) is 1.32. The van der Waals surface area contributed by atoms with Crippen LogP contribution >= 0.6 is 0 Å². The summed E-state index contributed by atoms with van der Waals surface area (Å²) in [5.41, 5.74) is 1.85. The largest absolute Gasteiger partial charge is 0.494 e. The monoisotopic (exact) mass is 320 g/mol. The molecule has 23 heavy (non-hydrogen) atoms. The zero-order valence-corrected chi connectivity index (χ0v) is 12.9. The van der Waals surface area contributed by atoms with Gasteiger partial charge in [0.1, 0.15) is 11.8 Å². The van der Waals surface area contributed by atoms with E-state index in [2.05, 4.69) is 10.6 Å². The van der Waals surface area contributed by atoms with Crippen LogP contribution in [-0.2, 0) is 20.8 Å². The smallest absolute Gasteiger partial charge is 0.325 e. The lowest BCUT2D eigenvalue weighted by molar-refractivity contribution is -0.141. The molecule has 0 fully saturated rings. The maximum Gasteiger partial charge on any atom is 0.325 e. The van der Waals surface area contributed by atoms with Crippen molar-refractivity contribution in [3.8, 4) is 5.75 Å². The number of aryl methyl sites for hydroxylation is 1. The van der Waals surface area contributed by atoms with Crippen LogP contribution in [0.15, 0.2) is 18.2 Å². The molecule has 0 aliphatic carbocycles. The number of anilines is 1. The van der Waals surface area contributed by atoms with Gasteiger partial charge in [-0.3, -0.25) is 14.4 Å². The summed E-state index contributed by atoms with van der Waals surface area (Å²) >= 11 is 0. The van der Waals surface area contributed by atoms with Crippen molar-refractivity contribution in [3.05, 3.63) is 23.8 Å². The van der Waals surface area contributed by atoms with E-state index in [0.717, 1.165) is 11.3 Å². The van der Waals surface area contributed by atoms with E-state index in [1.54, 1.807) is 6.07 Å². The van der Waals surface area contributed by atoms with Gasteiger partial charge < -0.3 is 20.5 Å². The quantitative estimate of drug-likeness (QED) is 0.657. The van der Waals surface area contributed by atoms with Gasteiger partial charge in [0.05, 0.1) is 6.61 Å². The molecule has 0 radical (unpaired) electrons. The molecular formula is C16H20N2O5. The van der Waals surface area contributed by atoms with Crippen LogP contribution in [-0.4, -0.2) is 35.5 Å². The molecule has 1 atom stereocenters. The van der Waals surface area contributed by atoms with Gasteiger partial charge in [0.15, 0.2) is 0 Å². The first-order valence-electron chi connectivity index (χ1n) is 7.53. The molecule has 1 aliphatic rings. The fourth-order valence-electron chi connectivity index (χ4n) is 2.25. The van der Waals surface area contributed by atoms with Crippen LogP contribution in [0.25, 0.3) is 0 Å². The Morgan fingerprint density at radius 2 is 2.17 bits per heavy atom. The molecule has 3 N–H and O–H groups in total. The first-order valence-corrected chi connectivity index (χ1v) is 7.53. The minimum Gasteiger partial charge on any atom is -0.494 e. The Balaban J connectivity index is 1.73. The topological polar surface area (TPSA) is 105 Å². The molecular weight excluding hydrogens is 300 g/mol. The molecule has 0 aromatic heterocycles. The molecule has 1 aromatic carbocycles. The van der Waals surface area contributed by atoms with Gasteiger partial charge in [-0.1, -0.05) is 0 Å². The summed E-state index contributed by atoms with van der Waals surface area (Å²) in [5.74, 6) is -0.653. The molecule has 7 nitrogen and oxygen atoms in total. The molecule has 7 heteroatoms. The Morgan fingerprint density at radius 1 is 1.39 bits per heavy atom. The first kappa shape index (κ1) is 16.8. The van der Waals surface area contributed by atoms with Crippen molar-refractivity contribution in [2.75, 3.05) is 11.9 Å². The van der Waals surface area contributed by atoms with E-state index < -0.39 is 12.0 Å². The summed E-state index contributed by atoms with van der Waals surface area (Å²) in [5, 5.41) is 13.9. The van der Waals surface area contributed by atoms with E-state index in [1.165, 1.54) is 6.92 Å². The van der Waals surface area contributed by atoms with Crippen molar-refractivity contribution >= 4 is 23.5 Å². The highest BCUT2D eigenvalue weighted by atomic mass is 16.5. The average Bonchev–Trinajstić information content (AvgIpc) is 2.51. The summed E-state index contributed by atoms with van der Waals surface area (Å²) < 4.78 is 5.59. The number of rotatable bonds is 7. The van der Waals surface area contributed by atoms with Crippen LogP contribution in [0.3, 0.4) is 0 Å². The number of carboxylic acids is 1. The minimum absolute atomic E-state index is 0.0211. The Bertz CT molecular complexity index is 614. The van der Waals surface area contributed by atoms with Crippen molar-refractivity contribution in [2.24, 2.45) is 0 Å². The maximum atomic E-state index is 11.5. The number of fused-ring (bicyclic) bond motifs is 1. The van der Waals surface area contributed by atoms with Gasteiger partial charge in [-0.2, -0.15) is 0 Å². The van der Waals surface area contributed by atoms with Crippen LogP contribution in [0.5, 0.6) is 5.75 Å². The van der Waals surface area contributed by atoms with Gasteiger partial charge in [-0.05, 0) is 43.5 Å². The Kier molecular flexibility index (Phi) is 5.56. The zero-order valence-electron chi connectivity index (χ0n) is 12.9. The Labute approximate surface area is 134 Å². The standard InChI is InChI=1S/C16H20N2O5/c1-10(16(21)22)17-14(19)3-2-8-23-12-5-6-13-11(9-12)4-7-15(20)18-13/h5-6,9-10H,2-4,7-8H2,1H3,(H,17,19)(H,18,20)(H,21,22)/t10-/m0/s1. The second-order valence-corrected chi connectivity index (χ2v) is 5.45. The number of carboxylic acid groups (broad SMARTS) is 1. The van der Waals surface area contributed by atoms with Gasteiger partial charge >= 0.3 is 5.97 Å². The van der Waals surface area contributed by atoms with Crippen LogP contribution in [0, 0.1) is 0 Å². The normalized spacial score (nSPS) is 14.4. The van der Waals surface area contributed by atoms with Gasteiger partial charge in [0.2, 0.25) is 11.8 Å². The number of carbonyl (C=O) groups is 3. The average molecular weight is 320 g/mol. The van der Waals surface area contributed by atoms with Gasteiger partial charge in [-0.25, -0.2) is 0 Å². The summed E-state index contributed by atoms with van der Waals surface area (Å²) in [6, 6.07) is 4.58. The SMILES string of the molecule is C[C@H](NC(=O)CCCOc1ccc2c(c1)CCC(=O)N2)C(=O)O. The van der Waals surface area contributed by atoms with Crippen molar-refractivity contribution < 1.29 is 24.2 Å². The second kappa shape index (κ2) is 7.62. The Hall–Kier alpha value is -2.57. The van der Waals surface area contributed by atoms with Gasteiger partial charge in [0, 0.05) is 18.5 Å². The molecule has 1 heterocycles. The third-order valence-corrected chi connectivity index (χ3v) is 3.54. The van der Waals surface area contributed by atoms with Crippen molar-refractivity contribution in [2.45, 2.75) is 38.6 Å². The fourth-order valence-corrected chi connectivity index (χ4v) is 2.25. The number of ether oxygens (including phenoxy) is 1. The fraction of sp³-hybridized carbons (Fsp3) is 0.438. The van der Waals surface area contributed by atoms with Crippen LogP contribution in [0.2, 0.25) is 0 Å². The molecule has 0 spiro atoms. The number of amides is 2. The molecule has 2 rings (SSSR count). The maximum absolute atomic E-state index is 11.5. The third-order valence-electron chi connectivity index (χ3n) is 3.54. The summed E-state index contributed by atoms with van der Waals surface area (Å²) in [7, 11) is 0. The molecule has 2 amide bonds. The lowest BCUT2D eigenvalue weighted by atomic mass is 10.0. The number of benzene rings is 1. The third kappa shape index (κ3) is 4.98. The number of aliphatic carboxylic acids is 1. The number of hydrogen-bond donors (Lipinski definition) is 3. The number of nitrogens with one attached hydrogen (secondary N) is 2. The predicted molar refractivity (Wildman–Crippen MR) is 83.4 cm³/mol. The van der Waals surface area contributed by atoms with E-state index in [-0.39, 0.29) is 18.2 Å². The molecule has 124 valence electrons. The van der Waals surface area contributed by atoms with E-state index in [9.17, 15) is 14.4 Å². The molecule has 0 unspecified atom stereocenters. The summed E-state index contributed by atoms with van der Waals surface area (Å²) in [6.07, 6.45) is 1.86. The van der Waals surface area contributed by atoms with E-state index in [0.29, 0.717) is 31.6 Å². The number of carbonyl (C=O) groups excluding carboxylic acids is 2. The highest BCUT2D eigenvalue weighted by Gasteiger charge is 2.15. The Morgan fingerprint density at radius 3 is 2.91 bits per heavy atom. The first-order chi connectivity index (χ1) is 11.0. The molecule has 1 aliphatic heterocycles. The minimum atomic E-state index is -1.06. The number of hydrogen-bond acceptors (Lipinski definition) is 4. The van der Waals surface area contributed by atoms with E-state index >= 15 is 0 Å². The van der Waals surface area contributed by atoms with Crippen molar-refractivity contribution in [1.82, 2.24) is 5.32 Å². The molecule has 0 saturated heterocycles.